The molecule has 1 aromatic carbocycles. The van der Waals surface area contributed by atoms with Crippen LogP contribution in [0.15, 0.2) is 47.6 Å². The number of hydrogen-bond acceptors (Lipinski definition) is 6. The average Bonchev–Trinajstić information content (AvgIpc) is 2.97. The van der Waals surface area contributed by atoms with Crippen molar-refractivity contribution in [2.75, 3.05) is 4.90 Å². The maximum absolute atomic E-state index is 12.8. The van der Waals surface area contributed by atoms with Crippen LogP contribution in [0.1, 0.15) is 18.1 Å². The summed E-state index contributed by atoms with van der Waals surface area (Å²) in [6.45, 7) is 3.50. The highest BCUT2D eigenvalue weighted by Gasteiger charge is 2.47. The first-order valence-corrected chi connectivity index (χ1v) is 11.1. The molecule has 3 rings (SSSR count). The van der Waals surface area contributed by atoms with Gasteiger partial charge in [-0.25, -0.2) is 22.9 Å². The zero-order chi connectivity index (χ0) is 27.6. The second kappa shape index (κ2) is 10.1. The molecule has 1 saturated heterocycles. The number of alkyl halides is 6. The topological polar surface area (TPSA) is 125 Å². The Morgan fingerprint density at radius 1 is 1.06 bits per heavy atom. The number of imide groups is 1. The molecule has 196 valence electrons. The quantitative estimate of drug-likeness (QED) is 0.463. The first-order chi connectivity index (χ1) is 16.4. The number of carboxylic acids is 1. The zero-order valence-electron chi connectivity index (χ0n) is 18.3. The van der Waals surface area contributed by atoms with Crippen LogP contribution < -0.4 is 4.90 Å². The number of aromatic nitrogens is 1. The number of anilines is 1. The van der Waals surface area contributed by atoms with Gasteiger partial charge in [0.15, 0.2) is 0 Å². The number of nitrogens with zero attached hydrogens (tertiary/aromatic N) is 3. The van der Waals surface area contributed by atoms with E-state index in [1.54, 1.807) is 25.4 Å². The van der Waals surface area contributed by atoms with Gasteiger partial charge in [-0.05, 0) is 55.3 Å². The Bertz CT molecular complexity index is 1260. The maximum Gasteiger partial charge on any atom is 0.501 e. The Kier molecular flexibility index (Phi) is 8.03. The van der Waals surface area contributed by atoms with E-state index in [4.69, 9.17) is 9.90 Å². The van der Waals surface area contributed by atoms with Gasteiger partial charge in [0.25, 0.3) is 15.7 Å². The van der Waals surface area contributed by atoms with E-state index in [-0.39, 0.29) is 12.2 Å². The van der Waals surface area contributed by atoms with Crippen molar-refractivity contribution in [3.63, 3.8) is 0 Å². The summed E-state index contributed by atoms with van der Waals surface area (Å²) in [5, 5.41) is 7.12. The Morgan fingerprint density at radius 2 is 1.58 bits per heavy atom. The number of carboxylic acid groups (broad SMARTS) is 1. The Morgan fingerprint density at radius 3 is 2.03 bits per heavy atom. The van der Waals surface area contributed by atoms with Crippen LogP contribution in [-0.2, 0) is 26.0 Å². The molecular weight excluding hydrogens is 524 g/mol. The molecule has 1 aromatic heterocycles. The van der Waals surface area contributed by atoms with Crippen LogP contribution in [0.4, 0.5) is 36.8 Å². The molecule has 0 bridgehead atoms. The molecule has 3 amide bonds. The number of carbonyl (C=O) groups excluding carboxylic acids is 2. The van der Waals surface area contributed by atoms with Crippen molar-refractivity contribution in [1.82, 2.24) is 9.88 Å². The minimum Gasteiger partial charge on any atom is -0.475 e. The van der Waals surface area contributed by atoms with Crippen molar-refractivity contribution in [3.8, 4) is 0 Å². The molecule has 1 fully saturated rings. The van der Waals surface area contributed by atoms with E-state index in [1.807, 2.05) is 6.92 Å². The van der Waals surface area contributed by atoms with E-state index in [0.29, 0.717) is 0 Å². The minimum atomic E-state index is -5.52. The molecule has 0 aliphatic carbocycles. The van der Waals surface area contributed by atoms with Crippen LogP contribution in [-0.4, -0.2) is 59.0 Å². The van der Waals surface area contributed by atoms with Crippen LogP contribution in [0.25, 0.3) is 0 Å². The first kappa shape index (κ1) is 28.5. The van der Waals surface area contributed by atoms with Gasteiger partial charge in [0.2, 0.25) is 0 Å². The molecule has 1 aliphatic heterocycles. The molecule has 2 aromatic rings. The van der Waals surface area contributed by atoms with Crippen LogP contribution in [0.2, 0.25) is 0 Å². The average molecular weight is 541 g/mol. The number of rotatable bonds is 4. The molecule has 2 heterocycles. The highest BCUT2D eigenvalue weighted by atomic mass is 32.2. The number of hydrogen-bond donors (Lipinski definition) is 1. The van der Waals surface area contributed by atoms with Gasteiger partial charge in [-0.2, -0.15) is 26.3 Å². The normalized spacial score (nSPS) is 16.6. The summed E-state index contributed by atoms with van der Waals surface area (Å²) in [6, 6.07) is 3.72. The smallest absolute Gasteiger partial charge is 0.475 e. The second-order valence-corrected chi connectivity index (χ2v) is 9.25. The van der Waals surface area contributed by atoms with E-state index in [0.717, 1.165) is 40.3 Å². The fourth-order valence-electron chi connectivity index (χ4n) is 2.92. The van der Waals surface area contributed by atoms with Crippen molar-refractivity contribution in [3.05, 3.63) is 53.9 Å². The highest BCUT2D eigenvalue weighted by molar-refractivity contribution is 7.92. The lowest BCUT2D eigenvalue weighted by Crippen LogP contribution is -2.33. The Labute approximate surface area is 199 Å². The summed E-state index contributed by atoms with van der Waals surface area (Å²) in [5.74, 6) is -3.32. The van der Waals surface area contributed by atoms with Gasteiger partial charge in [-0.1, -0.05) is 0 Å². The highest BCUT2D eigenvalue weighted by Crippen LogP contribution is 2.33. The number of aryl methyl sites for hydroxylation is 1. The summed E-state index contributed by atoms with van der Waals surface area (Å²) in [4.78, 5) is 39.4. The van der Waals surface area contributed by atoms with Gasteiger partial charge >= 0.3 is 23.7 Å². The number of carbonyl (C=O) groups is 3. The summed E-state index contributed by atoms with van der Waals surface area (Å²) in [7, 11) is -5.52. The van der Waals surface area contributed by atoms with Crippen LogP contribution in [0.5, 0.6) is 0 Å². The Hall–Kier alpha value is -3.69. The van der Waals surface area contributed by atoms with Crippen molar-refractivity contribution >= 4 is 33.4 Å². The van der Waals surface area contributed by atoms with Crippen LogP contribution in [0.3, 0.4) is 0 Å². The van der Waals surface area contributed by atoms with Crippen molar-refractivity contribution in [2.24, 2.45) is 0 Å². The van der Waals surface area contributed by atoms with E-state index in [2.05, 4.69) is 4.98 Å². The van der Waals surface area contributed by atoms with Crippen molar-refractivity contribution in [2.45, 2.75) is 43.0 Å². The van der Waals surface area contributed by atoms with Crippen LogP contribution >= 0.6 is 0 Å². The third-order valence-corrected chi connectivity index (χ3v) is 6.41. The largest absolute Gasteiger partial charge is 0.501 e. The summed E-state index contributed by atoms with van der Waals surface area (Å²) < 4.78 is 92.7. The fourth-order valence-corrected chi connectivity index (χ4v) is 3.68. The lowest BCUT2D eigenvalue weighted by Gasteiger charge is -2.20. The number of aliphatic carboxylic acids is 1. The minimum absolute atomic E-state index is 0.0121. The molecular formula is C20H17F6N3O6S. The van der Waals surface area contributed by atoms with Gasteiger partial charge in [-0.3, -0.25) is 9.78 Å². The predicted octanol–water partition coefficient (Wildman–Crippen LogP) is 3.67. The second-order valence-electron chi connectivity index (χ2n) is 7.31. The van der Waals surface area contributed by atoms with Gasteiger partial charge in [0.05, 0.1) is 10.6 Å². The third-order valence-electron chi connectivity index (χ3n) is 4.91. The van der Waals surface area contributed by atoms with E-state index in [1.165, 1.54) is 4.90 Å². The standard InChI is InChI=1S/C18H16F3N3O4S.C2HF3O2/c1-11-9-22-8-7-13(11)10-23-12(2)16(25)24(17(23)26)14-3-5-15(6-4-14)29(27,28)18(19,20)21;3-2(4,5)1(6)7/h3-9,12H,10H2,1-2H3;(H,6,7)/t12-;/m1./s1. The lowest BCUT2D eigenvalue weighted by molar-refractivity contribution is -0.192. The summed E-state index contributed by atoms with van der Waals surface area (Å²) in [6.07, 6.45) is -1.90. The molecule has 0 radical (unpaired) electrons. The number of benzene rings is 1. The maximum atomic E-state index is 12.8. The number of halogens is 6. The molecule has 1 atom stereocenters. The van der Waals surface area contributed by atoms with Gasteiger partial charge in [-0.15, -0.1) is 0 Å². The predicted molar refractivity (Wildman–Crippen MR) is 110 cm³/mol. The summed E-state index contributed by atoms with van der Waals surface area (Å²) >= 11 is 0. The molecule has 1 aliphatic rings. The fraction of sp³-hybridized carbons (Fsp3) is 0.300. The molecule has 0 spiro atoms. The van der Waals surface area contributed by atoms with Crippen molar-refractivity contribution < 1.29 is 54.3 Å². The lowest BCUT2D eigenvalue weighted by atomic mass is 10.1. The number of pyridine rings is 1. The molecule has 1 N–H and O–H groups in total. The molecule has 9 nitrogen and oxygen atoms in total. The molecule has 0 saturated carbocycles. The Balaban J connectivity index is 0.000000572. The number of urea groups is 1. The zero-order valence-corrected chi connectivity index (χ0v) is 19.1. The van der Waals surface area contributed by atoms with Gasteiger partial charge in [0, 0.05) is 18.9 Å². The first-order valence-electron chi connectivity index (χ1n) is 9.65. The van der Waals surface area contributed by atoms with E-state index in [9.17, 15) is 44.3 Å². The summed E-state index contributed by atoms with van der Waals surface area (Å²) in [5.41, 5.74) is -3.83. The number of sulfone groups is 1. The SMILES string of the molecule is Cc1cnccc1CN1C(=O)N(c2ccc(S(=O)(=O)C(F)(F)F)cc2)C(=O)[C@H]1C.O=C(O)C(F)(F)F. The van der Waals surface area contributed by atoms with E-state index < -0.39 is 50.4 Å². The van der Waals surface area contributed by atoms with Crippen molar-refractivity contribution in [1.29, 1.82) is 0 Å². The number of amides is 3. The third kappa shape index (κ3) is 5.92. The van der Waals surface area contributed by atoms with Gasteiger partial charge in [0.1, 0.15) is 6.04 Å². The van der Waals surface area contributed by atoms with E-state index >= 15 is 0 Å². The molecule has 0 unspecified atom stereocenters. The molecule has 36 heavy (non-hydrogen) atoms. The molecule has 16 heteroatoms. The monoisotopic (exact) mass is 541 g/mol. The van der Waals surface area contributed by atoms with Gasteiger partial charge < -0.3 is 10.0 Å². The van der Waals surface area contributed by atoms with Crippen LogP contribution in [0, 0.1) is 6.92 Å².